The Kier molecular flexibility index (Phi) is 4.62. The zero-order valence-electron chi connectivity index (χ0n) is 11.4. The van der Waals surface area contributed by atoms with Gasteiger partial charge in [0.25, 0.3) is 0 Å². The molecular weight excluding hydrogens is 228 g/mol. The van der Waals surface area contributed by atoms with Crippen molar-refractivity contribution in [1.29, 1.82) is 0 Å². The van der Waals surface area contributed by atoms with Crippen LogP contribution in [-0.4, -0.2) is 31.7 Å². The van der Waals surface area contributed by atoms with Gasteiger partial charge in [0.2, 0.25) is 5.91 Å². The molecule has 104 valence electrons. The molecule has 0 spiro atoms. The average molecular weight is 254 g/mol. The number of primary amides is 1. The highest BCUT2D eigenvalue weighted by atomic mass is 16.5. The first-order valence-corrected chi connectivity index (χ1v) is 7.25. The third-order valence-electron chi connectivity index (χ3n) is 4.57. The summed E-state index contributed by atoms with van der Waals surface area (Å²) in [6.45, 7) is 1.21. The molecule has 0 saturated heterocycles. The molecule has 18 heavy (non-hydrogen) atoms. The minimum atomic E-state index is -0.630. The van der Waals surface area contributed by atoms with Crippen molar-refractivity contribution in [3.05, 3.63) is 0 Å². The summed E-state index contributed by atoms with van der Waals surface area (Å²) in [5.74, 6) is 0.780. The van der Waals surface area contributed by atoms with Crippen molar-refractivity contribution in [2.75, 3.05) is 20.3 Å². The van der Waals surface area contributed by atoms with Gasteiger partial charge in [0.05, 0.1) is 6.61 Å². The van der Waals surface area contributed by atoms with Crippen LogP contribution in [0.5, 0.6) is 0 Å². The Morgan fingerprint density at radius 3 is 2.44 bits per heavy atom. The molecule has 1 atom stereocenters. The summed E-state index contributed by atoms with van der Waals surface area (Å²) in [6, 6.07) is 0. The van der Waals surface area contributed by atoms with Gasteiger partial charge in [-0.1, -0.05) is 19.3 Å². The molecule has 0 heterocycles. The van der Waals surface area contributed by atoms with Crippen LogP contribution in [0, 0.1) is 11.8 Å². The fraction of sp³-hybridized carbons (Fsp3) is 0.929. The number of amides is 1. The lowest BCUT2D eigenvalue weighted by molar-refractivity contribution is -0.128. The van der Waals surface area contributed by atoms with Gasteiger partial charge in [-0.05, 0) is 44.6 Å². The second-order valence-corrected chi connectivity index (χ2v) is 5.88. The summed E-state index contributed by atoms with van der Waals surface area (Å²) < 4.78 is 5.83. The van der Waals surface area contributed by atoms with E-state index in [1.807, 2.05) is 7.05 Å². The SMILES string of the molecule is CNC(COCC1CCCCC1)(C(N)=O)C1CC1. The summed E-state index contributed by atoms with van der Waals surface area (Å²) in [4.78, 5) is 11.7. The zero-order chi connectivity index (χ0) is 13.0. The number of carbonyl (C=O) groups excluding carboxylic acids is 1. The van der Waals surface area contributed by atoms with Crippen molar-refractivity contribution in [1.82, 2.24) is 5.32 Å². The summed E-state index contributed by atoms with van der Waals surface area (Å²) in [5, 5.41) is 3.12. The Morgan fingerprint density at radius 2 is 1.94 bits per heavy atom. The van der Waals surface area contributed by atoms with Crippen LogP contribution in [-0.2, 0) is 9.53 Å². The van der Waals surface area contributed by atoms with E-state index in [1.54, 1.807) is 0 Å². The van der Waals surface area contributed by atoms with Crippen LogP contribution in [0.25, 0.3) is 0 Å². The molecule has 4 heteroatoms. The number of nitrogens with two attached hydrogens (primary N) is 1. The summed E-state index contributed by atoms with van der Waals surface area (Å²) in [5.41, 5.74) is 4.93. The molecule has 2 fully saturated rings. The van der Waals surface area contributed by atoms with E-state index in [9.17, 15) is 4.79 Å². The number of nitrogens with one attached hydrogen (secondary N) is 1. The Labute approximate surface area is 110 Å². The van der Waals surface area contributed by atoms with E-state index in [0.717, 1.165) is 19.4 Å². The van der Waals surface area contributed by atoms with Crippen LogP contribution in [0.3, 0.4) is 0 Å². The predicted molar refractivity (Wildman–Crippen MR) is 71.1 cm³/mol. The van der Waals surface area contributed by atoms with Crippen LogP contribution < -0.4 is 11.1 Å². The zero-order valence-corrected chi connectivity index (χ0v) is 11.4. The first-order valence-electron chi connectivity index (χ1n) is 7.25. The smallest absolute Gasteiger partial charge is 0.240 e. The maximum absolute atomic E-state index is 11.7. The lowest BCUT2D eigenvalue weighted by Gasteiger charge is -2.31. The number of likely N-dealkylation sites (N-methyl/N-ethyl adjacent to an activating group) is 1. The molecule has 3 N–H and O–H groups in total. The largest absolute Gasteiger partial charge is 0.379 e. The standard InChI is InChI=1S/C14H26N2O2/c1-16-14(13(15)17,12-7-8-12)10-18-9-11-5-3-2-4-6-11/h11-12,16H,2-10H2,1H3,(H2,15,17). The molecule has 2 saturated carbocycles. The Bertz CT molecular complexity index is 286. The van der Waals surface area contributed by atoms with Crippen LogP contribution >= 0.6 is 0 Å². The van der Waals surface area contributed by atoms with E-state index >= 15 is 0 Å². The first kappa shape index (κ1) is 13.8. The van der Waals surface area contributed by atoms with Crippen LogP contribution in [0.15, 0.2) is 0 Å². The highest BCUT2D eigenvalue weighted by molar-refractivity contribution is 5.85. The summed E-state index contributed by atoms with van der Waals surface area (Å²) >= 11 is 0. The average Bonchev–Trinajstić information content (AvgIpc) is 3.20. The van der Waals surface area contributed by atoms with E-state index < -0.39 is 5.54 Å². The lowest BCUT2D eigenvalue weighted by atomic mass is 9.89. The summed E-state index contributed by atoms with van der Waals surface area (Å²) in [7, 11) is 1.81. The van der Waals surface area contributed by atoms with Gasteiger partial charge in [0, 0.05) is 6.61 Å². The predicted octanol–water partition coefficient (Wildman–Crippen LogP) is 1.44. The van der Waals surface area contributed by atoms with Gasteiger partial charge < -0.3 is 15.8 Å². The lowest BCUT2D eigenvalue weighted by Crippen LogP contribution is -2.59. The molecular formula is C14H26N2O2. The van der Waals surface area contributed by atoms with Crippen LogP contribution in [0.4, 0.5) is 0 Å². The van der Waals surface area contributed by atoms with Crippen LogP contribution in [0.1, 0.15) is 44.9 Å². The molecule has 2 rings (SSSR count). The summed E-state index contributed by atoms with van der Waals surface area (Å²) in [6.07, 6.45) is 8.71. The van der Waals surface area contributed by atoms with Gasteiger partial charge in [-0.2, -0.15) is 0 Å². The number of hydrogen-bond donors (Lipinski definition) is 2. The number of ether oxygens (including phenoxy) is 1. The molecule has 1 amide bonds. The van der Waals surface area contributed by atoms with E-state index in [1.165, 1.54) is 32.1 Å². The molecule has 2 aliphatic rings. The first-order chi connectivity index (χ1) is 8.69. The second kappa shape index (κ2) is 6.02. The van der Waals surface area contributed by atoms with E-state index in [-0.39, 0.29) is 5.91 Å². The second-order valence-electron chi connectivity index (χ2n) is 5.88. The molecule has 0 aromatic heterocycles. The topological polar surface area (TPSA) is 64.3 Å². The van der Waals surface area contributed by atoms with E-state index in [2.05, 4.69) is 5.32 Å². The van der Waals surface area contributed by atoms with Crippen molar-refractivity contribution < 1.29 is 9.53 Å². The van der Waals surface area contributed by atoms with E-state index in [4.69, 9.17) is 10.5 Å². The van der Waals surface area contributed by atoms with Crippen molar-refractivity contribution in [3.63, 3.8) is 0 Å². The molecule has 0 bridgehead atoms. The third-order valence-corrected chi connectivity index (χ3v) is 4.57. The van der Waals surface area contributed by atoms with Gasteiger partial charge >= 0.3 is 0 Å². The third kappa shape index (κ3) is 3.04. The fourth-order valence-corrected chi connectivity index (χ4v) is 3.11. The van der Waals surface area contributed by atoms with Gasteiger partial charge in [-0.3, -0.25) is 4.79 Å². The maximum Gasteiger partial charge on any atom is 0.240 e. The highest BCUT2D eigenvalue weighted by Gasteiger charge is 2.49. The fourth-order valence-electron chi connectivity index (χ4n) is 3.11. The Balaban J connectivity index is 1.80. The molecule has 0 aromatic rings. The van der Waals surface area contributed by atoms with Gasteiger partial charge in [-0.25, -0.2) is 0 Å². The monoisotopic (exact) mass is 254 g/mol. The van der Waals surface area contributed by atoms with Crippen molar-refractivity contribution >= 4 is 5.91 Å². The number of carbonyl (C=O) groups is 1. The van der Waals surface area contributed by atoms with Crippen molar-refractivity contribution in [2.24, 2.45) is 17.6 Å². The van der Waals surface area contributed by atoms with Crippen molar-refractivity contribution in [3.8, 4) is 0 Å². The van der Waals surface area contributed by atoms with Gasteiger partial charge in [0.1, 0.15) is 5.54 Å². The number of hydrogen-bond acceptors (Lipinski definition) is 3. The van der Waals surface area contributed by atoms with Crippen LogP contribution in [0.2, 0.25) is 0 Å². The normalized spacial score (nSPS) is 24.7. The Morgan fingerprint density at radius 1 is 1.28 bits per heavy atom. The molecule has 0 aromatic carbocycles. The maximum atomic E-state index is 11.7. The molecule has 0 aliphatic heterocycles. The molecule has 4 nitrogen and oxygen atoms in total. The molecule has 1 unspecified atom stereocenters. The van der Waals surface area contributed by atoms with Gasteiger partial charge in [-0.15, -0.1) is 0 Å². The minimum absolute atomic E-state index is 0.267. The molecule has 2 aliphatic carbocycles. The van der Waals surface area contributed by atoms with E-state index in [0.29, 0.717) is 18.4 Å². The minimum Gasteiger partial charge on any atom is -0.379 e. The number of rotatable bonds is 7. The quantitative estimate of drug-likeness (QED) is 0.722. The van der Waals surface area contributed by atoms with Gasteiger partial charge in [0.15, 0.2) is 0 Å². The van der Waals surface area contributed by atoms with Crippen molar-refractivity contribution in [2.45, 2.75) is 50.5 Å². The Hall–Kier alpha value is -0.610. The highest BCUT2D eigenvalue weighted by Crippen LogP contribution is 2.39. The molecule has 0 radical (unpaired) electrons.